The molecule has 0 spiro atoms. The van der Waals surface area contributed by atoms with Crippen molar-refractivity contribution in [3.63, 3.8) is 0 Å². The van der Waals surface area contributed by atoms with E-state index in [4.69, 9.17) is 10.5 Å². The van der Waals surface area contributed by atoms with Crippen LogP contribution in [0, 0.1) is 12.7 Å². The molecule has 2 rings (SSSR count). The Morgan fingerprint density at radius 2 is 2.11 bits per heavy atom. The molecule has 0 fully saturated rings. The molecule has 1 heterocycles. The maximum Gasteiger partial charge on any atom is 0.145 e. The molecule has 0 aliphatic heterocycles. The summed E-state index contributed by atoms with van der Waals surface area (Å²) in [5.41, 5.74) is 7.90. The van der Waals surface area contributed by atoms with Crippen molar-refractivity contribution in [2.24, 2.45) is 0 Å². The van der Waals surface area contributed by atoms with E-state index < -0.39 is 0 Å². The number of anilines is 3. The minimum atomic E-state index is -0.348. The lowest BCUT2D eigenvalue weighted by atomic mass is 10.2. The lowest BCUT2D eigenvalue weighted by Gasteiger charge is -2.11. The molecule has 4 nitrogen and oxygen atoms in total. The van der Waals surface area contributed by atoms with E-state index in [9.17, 15) is 4.39 Å². The number of benzene rings is 1. The highest BCUT2D eigenvalue weighted by molar-refractivity contribution is 5.65. The molecule has 0 radical (unpaired) electrons. The highest BCUT2D eigenvalue weighted by atomic mass is 19.1. The molecule has 0 saturated carbocycles. The predicted molar refractivity (Wildman–Crippen MR) is 69.6 cm³/mol. The third-order valence-electron chi connectivity index (χ3n) is 2.58. The van der Waals surface area contributed by atoms with E-state index in [0.717, 1.165) is 5.56 Å². The van der Waals surface area contributed by atoms with E-state index in [1.165, 1.54) is 19.2 Å². The number of hydrogen-bond acceptors (Lipinski definition) is 4. The average molecular weight is 247 g/mol. The normalized spacial score (nSPS) is 10.2. The van der Waals surface area contributed by atoms with Crippen LogP contribution in [0.25, 0.3) is 0 Å². The number of nitrogens with two attached hydrogens (primary N) is 1. The number of nitrogens with zero attached hydrogens (tertiary/aromatic N) is 1. The summed E-state index contributed by atoms with van der Waals surface area (Å²) in [7, 11) is 1.49. The molecule has 0 aliphatic rings. The van der Waals surface area contributed by atoms with Crippen LogP contribution in [-0.4, -0.2) is 12.1 Å². The molecule has 0 unspecified atom stereocenters. The monoisotopic (exact) mass is 247 g/mol. The lowest BCUT2D eigenvalue weighted by Crippen LogP contribution is -1.99. The first-order valence-corrected chi connectivity index (χ1v) is 5.43. The first-order valence-electron chi connectivity index (χ1n) is 5.43. The van der Waals surface area contributed by atoms with Gasteiger partial charge >= 0.3 is 0 Å². The summed E-state index contributed by atoms with van der Waals surface area (Å²) in [6.07, 6.45) is 1.58. The number of hydrogen-bond donors (Lipinski definition) is 2. The number of methoxy groups -OCH3 is 1. The second kappa shape index (κ2) is 4.91. The van der Waals surface area contributed by atoms with Gasteiger partial charge in [0.25, 0.3) is 0 Å². The minimum absolute atomic E-state index is 0.348. The molecular formula is C13H14FN3O. The molecule has 3 N–H and O–H groups in total. The first-order chi connectivity index (χ1) is 8.60. The Bertz CT molecular complexity index is 572. The molecule has 18 heavy (non-hydrogen) atoms. The van der Waals surface area contributed by atoms with E-state index in [-0.39, 0.29) is 5.82 Å². The number of ether oxygens (including phenoxy) is 1. The van der Waals surface area contributed by atoms with Gasteiger partial charge in [-0.05, 0) is 30.7 Å². The topological polar surface area (TPSA) is 60.2 Å². The lowest BCUT2D eigenvalue weighted by molar-refractivity contribution is 0.413. The fourth-order valence-corrected chi connectivity index (χ4v) is 1.54. The van der Waals surface area contributed by atoms with Crippen LogP contribution in [0.4, 0.5) is 21.6 Å². The quantitative estimate of drug-likeness (QED) is 0.875. The molecular weight excluding hydrogens is 233 g/mol. The molecule has 1 aromatic heterocycles. The van der Waals surface area contributed by atoms with Crippen LogP contribution in [0.1, 0.15) is 5.56 Å². The van der Waals surface area contributed by atoms with Crippen molar-refractivity contribution >= 4 is 17.2 Å². The summed E-state index contributed by atoms with van der Waals surface area (Å²) in [5.74, 6) is 0.705. The van der Waals surface area contributed by atoms with Gasteiger partial charge in [-0.3, -0.25) is 0 Å². The van der Waals surface area contributed by atoms with Gasteiger partial charge < -0.3 is 15.8 Å². The third-order valence-corrected chi connectivity index (χ3v) is 2.58. The van der Waals surface area contributed by atoms with E-state index in [0.29, 0.717) is 22.9 Å². The second-order valence-corrected chi connectivity index (χ2v) is 3.90. The van der Waals surface area contributed by atoms with E-state index in [1.807, 2.05) is 13.0 Å². The molecule has 2 aromatic rings. The average Bonchev–Trinajstić information content (AvgIpc) is 2.36. The Hall–Kier alpha value is -2.30. The van der Waals surface area contributed by atoms with Crippen LogP contribution in [0.15, 0.2) is 30.5 Å². The zero-order valence-electron chi connectivity index (χ0n) is 10.2. The molecule has 94 valence electrons. The van der Waals surface area contributed by atoms with E-state index in [2.05, 4.69) is 10.3 Å². The highest BCUT2D eigenvalue weighted by Crippen LogP contribution is 2.28. The SMILES string of the molecule is COc1cc(F)ccc1Nc1cc(C)c(N)cn1. The van der Waals surface area contributed by atoms with Crippen molar-refractivity contribution in [3.05, 3.63) is 41.8 Å². The molecule has 1 aromatic carbocycles. The maximum atomic E-state index is 13.1. The molecule has 0 aliphatic carbocycles. The minimum Gasteiger partial charge on any atom is -0.494 e. The Kier molecular flexibility index (Phi) is 3.32. The van der Waals surface area contributed by atoms with Crippen LogP contribution in [0.3, 0.4) is 0 Å². The summed E-state index contributed by atoms with van der Waals surface area (Å²) < 4.78 is 18.1. The number of halogens is 1. The number of nitrogens with one attached hydrogen (secondary N) is 1. The Balaban J connectivity index is 2.30. The molecule has 5 heteroatoms. The van der Waals surface area contributed by atoms with E-state index in [1.54, 1.807) is 12.3 Å². The van der Waals surface area contributed by atoms with E-state index >= 15 is 0 Å². The standard InChI is InChI=1S/C13H14FN3O/c1-8-5-13(16-7-10(8)15)17-11-4-3-9(14)6-12(11)18-2/h3-7H,15H2,1-2H3,(H,16,17). The van der Waals surface area contributed by atoms with Crippen molar-refractivity contribution in [1.82, 2.24) is 4.98 Å². The van der Waals surface area contributed by atoms with Crippen molar-refractivity contribution in [2.75, 3.05) is 18.2 Å². The van der Waals surface area contributed by atoms with Crippen molar-refractivity contribution in [2.45, 2.75) is 6.92 Å². The maximum absolute atomic E-state index is 13.1. The molecule has 0 atom stereocenters. The summed E-state index contributed by atoms with van der Waals surface area (Å²) >= 11 is 0. The zero-order chi connectivity index (χ0) is 13.1. The summed E-state index contributed by atoms with van der Waals surface area (Å²) in [4.78, 5) is 4.15. The summed E-state index contributed by atoms with van der Waals surface area (Å²) in [5, 5.41) is 3.06. The molecule has 0 bridgehead atoms. The number of rotatable bonds is 3. The Morgan fingerprint density at radius 1 is 1.33 bits per heavy atom. The number of pyridine rings is 1. The van der Waals surface area contributed by atoms with Crippen LogP contribution in [-0.2, 0) is 0 Å². The van der Waals surface area contributed by atoms with Crippen molar-refractivity contribution in [3.8, 4) is 5.75 Å². The summed E-state index contributed by atoms with van der Waals surface area (Å²) in [6, 6.07) is 6.08. The fourth-order valence-electron chi connectivity index (χ4n) is 1.54. The van der Waals surface area contributed by atoms with Gasteiger partial charge in [-0.25, -0.2) is 9.37 Å². The van der Waals surface area contributed by atoms with Crippen LogP contribution in [0.2, 0.25) is 0 Å². The van der Waals surface area contributed by atoms with Gasteiger partial charge in [0.15, 0.2) is 0 Å². The molecule has 0 amide bonds. The number of aromatic nitrogens is 1. The predicted octanol–water partition coefficient (Wildman–Crippen LogP) is 2.86. The smallest absolute Gasteiger partial charge is 0.145 e. The van der Waals surface area contributed by atoms with Crippen LogP contribution < -0.4 is 15.8 Å². The van der Waals surface area contributed by atoms with Crippen LogP contribution >= 0.6 is 0 Å². The Labute approximate surface area is 105 Å². The first kappa shape index (κ1) is 12.2. The van der Waals surface area contributed by atoms with Gasteiger partial charge in [0.05, 0.1) is 24.7 Å². The zero-order valence-corrected chi connectivity index (χ0v) is 10.2. The van der Waals surface area contributed by atoms with Crippen molar-refractivity contribution < 1.29 is 9.13 Å². The van der Waals surface area contributed by atoms with Gasteiger partial charge in [-0.15, -0.1) is 0 Å². The number of nitrogen functional groups attached to an aromatic ring is 1. The van der Waals surface area contributed by atoms with Crippen LogP contribution in [0.5, 0.6) is 5.75 Å². The fraction of sp³-hybridized carbons (Fsp3) is 0.154. The van der Waals surface area contributed by atoms with Gasteiger partial charge in [0.1, 0.15) is 17.4 Å². The number of aryl methyl sites for hydroxylation is 1. The Morgan fingerprint density at radius 3 is 2.78 bits per heavy atom. The van der Waals surface area contributed by atoms with Gasteiger partial charge in [0.2, 0.25) is 0 Å². The second-order valence-electron chi connectivity index (χ2n) is 3.90. The third kappa shape index (κ3) is 2.51. The molecule has 0 saturated heterocycles. The largest absolute Gasteiger partial charge is 0.494 e. The van der Waals surface area contributed by atoms with Crippen molar-refractivity contribution in [1.29, 1.82) is 0 Å². The van der Waals surface area contributed by atoms with Gasteiger partial charge in [-0.1, -0.05) is 0 Å². The van der Waals surface area contributed by atoms with Gasteiger partial charge in [-0.2, -0.15) is 0 Å². The summed E-state index contributed by atoms with van der Waals surface area (Å²) in [6.45, 7) is 1.89. The highest BCUT2D eigenvalue weighted by Gasteiger charge is 2.06. The van der Waals surface area contributed by atoms with Gasteiger partial charge in [0, 0.05) is 6.07 Å².